The molecule has 1 aromatic heterocycles. The van der Waals surface area contributed by atoms with E-state index in [-0.39, 0.29) is 0 Å². The number of thiocarbonyl (C=S) groups is 1. The third kappa shape index (κ3) is 3.73. The second-order valence-electron chi connectivity index (χ2n) is 7.17. The maximum atomic E-state index is 5.92. The van der Waals surface area contributed by atoms with Crippen LogP contribution in [0.15, 0.2) is 12.3 Å². The topological polar surface area (TPSA) is 42.2 Å². The third-order valence-electron chi connectivity index (χ3n) is 4.64. The van der Waals surface area contributed by atoms with Crippen LogP contribution in [0.25, 0.3) is 0 Å². The van der Waals surface area contributed by atoms with E-state index >= 15 is 0 Å². The summed E-state index contributed by atoms with van der Waals surface area (Å²) in [6.45, 7) is 11.2. The van der Waals surface area contributed by atoms with Crippen LogP contribution in [0.2, 0.25) is 0 Å². The number of pyridine rings is 1. The van der Waals surface area contributed by atoms with Crippen LogP contribution in [-0.4, -0.2) is 23.1 Å². The average molecular weight is 305 g/mol. The van der Waals surface area contributed by atoms with Gasteiger partial charge >= 0.3 is 0 Å². The van der Waals surface area contributed by atoms with Crippen LogP contribution in [0.1, 0.15) is 51.2 Å². The summed E-state index contributed by atoms with van der Waals surface area (Å²) in [4.78, 5) is 7.39. The molecule has 2 rings (SSSR count). The molecule has 21 heavy (non-hydrogen) atoms. The zero-order valence-corrected chi connectivity index (χ0v) is 14.5. The zero-order chi connectivity index (χ0) is 15.6. The van der Waals surface area contributed by atoms with Crippen LogP contribution in [0.3, 0.4) is 0 Å². The molecule has 0 aliphatic carbocycles. The van der Waals surface area contributed by atoms with Gasteiger partial charge in [0, 0.05) is 19.3 Å². The molecule has 1 unspecified atom stereocenters. The molecule has 3 nitrogen and oxygen atoms in total. The van der Waals surface area contributed by atoms with Crippen LogP contribution in [0, 0.1) is 18.3 Å². The molecule has 0 amide bonds. The lowest BCUT2D eigenvalue weighted by Gasteiger charge is -2.30. The van der Waals surface area contributed by atoms with Gasteiger partial charge in [0.25, 0.3) is 0 Å². The van der Waals surface area contributed by atoms with Gasteiger partial charge in [0.05, 0.1) is 5.56 Å². The van der Waals surface area contributed by atoms with E-state index in [0.29, 0.717) is 10.4 Å². The van der Waals surface area contributed by atoms with Crippen LogP contribution >= 0.6 is 12.2 Å². The molecule has 1 aliphatic heterocycles. The normalized spacial score (nSPS) is 20.2. The summed E-state index contributed by atoms with van der Waals surface area (Å²) >= 11 is 5.23. The maximum absolute atomic E-state index is 5.92. The fraction of sp³-hybridized carbons (Fsp3) is 0.647. The molecule has 1 fully saturated rings. The number of rotatable bonds is 2. The number of anilines is 1. The number of hydrogen-bond donors (Lipinski definition) is 1. The molecular formula is C17H27N3S. The van der Waals surface area contributed by atoms with Crippen LogP contribution in [-0.2, 0) is 0 Å². The molecule has 2 heterocycles. The average Bonchev–Trinajstić information content (AvgIpc) is 2.63. The first-order valence-electron chi connectivity index (χ1n) is 7.81. The van der Waals surface area contributed by atoms with Gasteiger partial charge in [-0.05, 0) is 49.1 Å². The molecule has 0 radical (unpaired) electrons. The van der Waals surface area contributed by atoms with Gasteiger partial charge in [-0.2, -0.15) is 0 Å². The molecule has 1 aliphatic rings. The molecule has 0 aromatic carbocycles. The predicted octanol–water partition coefficient (Wildman–Crippen LogP) is 3.68. The Morgan fingerprint density at radius 3 is 2.67 bits per heavy atom. The van der Waals surface area contributed by atoms with E-state index in [9.17, 15) is 0 Å². The molecule has 4 heteroatoms. The van der Waals surface area contributed by atoms with Crippen molar-refractivity contribution in [3.63, 3.8) is 0 Å². The van der Waals surface area contributed by atoms with Crippen molar-refractivity contribution in [1.82, 2.24) is 4.98 Å². The number of aromatic nitrogens is 1. The SMILES string of the molecule is Cc1ccnc(N2CCCC(C(C)(C)C)CC2)c1C(N)=S. The quantitative estimate of drug-likeness (QED) is 0.846. The Labute approximate surface area is 133 Å². The molecule has 0 spiro atoms. The van der Waals surface area contributed by atoms with Gasteiger partial charge in [0.15, 0.2) is 0 Å². The Balaban J connectivity index is 2.24. The minimum Gasteiger partial charge on any atom is -0.389 e. The molecule has 0 bridgehead atoms. The third-order valence-corrected chi connectivity index (χ3v) is 4.84. The Morgan fingerprint density at radius 2 is 2.05 bits per heavy atom. The number of nitrogens with two attached hydrogens (primary N) is 1. The van der Waals surface area contributed by atoms with Gasteiger partial charge in [0.1, 0.15) is 10.8 Å². The molecule has 1 atom stereocenters. The molecular weight excluding hydrogens is 278 g/mol. The summed E-state index contributed by atoms with van der Waals surface area (Å²) < 4.78 is 0. The molecule has 2 N–H and O–H groups in total. The highest BCUT2D eigenvalue weighted by molar-refractivity contribution is 7.80. The van der Waals surface area contributed by atoms with Crippen LogP contribution in [0.5, 0.6) is 0 Å². The summed E-state index contributed by atoms with van der Waals surface area (Å²) in [6.07, 6.45) is 5.55. The lowest BCUT2D eigenvalue weighted by Crippen LogP contribution is -2.29. The summed E-state index contributed by atoms with van der Waals surface area (Å²) in [5.74, 6) is 1.73. The monoisotopic (exact) mass is 305 g/mol. The van der Waals surface area contributed by atoms with Gasteiger partial charge in [-0.3, -0.25) is 0 Å². The first-order chi connectivity index (χ1) is 9.80. The molecule has 0 saturated carbocycles. The van der Waals surface area contributed by atoms with Crippen molar-refractivity contribution in [1.29, 1.82) is 0 Å². The van der Waals surface area contributed by atoms with Crippen molar-refractivity contribution in [3.8, 4) is 0 Å². The van der Waals surface area contributed by atoms with Gasteiger partial charge < -0.3 is 10.6 Å². The lowest BCUT2D eigenvalue weighted by molar-refractivity contribution is 0.220. The van der Waals surface area contributed by atoms with Crippen molar-refractivity contribution in [2.75, 3.05) is 18.0 Å². The summed E-state index contributed by atoms with van der Waals surface area (Å²) in [7, 11) is 0. The number of nitrogens with zero attached hydrogens (tertiary/aromatic N) is 2. The smallest absolute Gasteiger partial charge is 0.139 e. The fourth-order valence-corrected chi connectivity index (χ4v) is 3.51. The summed E-state index contributed by atoms with van der Waals surface area (Å²) in [6, 6.07) is 1.98. The van der Waals surface area contributed by atoms with Crippen molar-refractivity contribution in [2.24, 2.45) is 17.1 Å². The van der Waals surface area contributed by atoms with Gasteiger partial charge in [-0.15, -0.1) is 0 Å². The van der Waals surface area contributed by atoms with Crippen molar-refractivity contribution in [3.05, 3.63) is 23.4 Å². The second kappa shape index (κ2) is 6.30. The van der Waals surface area contributed by atoms with Gasteiger partial charge in [-0.1, -0.05) is 33.0 Å². The van der Waals surface area contributed by atoms with Crippen molar-refractivity contribution in [2.45, 2.75) is 47.0 Å². The van der Waals surface area contributed by atoms with E-state index in [1.54, 1.807) is 0 Å². The minimum atomic E-state index is 0.377. The van der Waals surface area contributed by atoms with Crippen molar-refractivity contribution >= 4 is 23.0 Å². The predicted molar refractivity (Wildman–Crippen MR) is 93.9 cm³/mol. The largest absolute Gasteiger partial charge is 0.389 e. The standard InChI is InChI=1S/C17H27N3S/c1-12-7-9-19-16(14(12)15(18)21)20-10-5-6-13(8-11-20)17(2,3)4/h7,9,13H,5-6,8,10-11H2,1-4H3,(H2,18,21). The molecule has 1 aromatic rings. The fourth-order valence-electron chi connectivity index (χ4n) is 3.26. The highest BCUT2D eigenvalue weighted by atomic mass is 32.1. The minimum absolute atomic E-state index is 0.377. The second-order valence-corrected chi connectivity index (χ2v) is 7.61. The van der Waals surface area contributed by atoms with E-state index in [0.717, 1.165) is 36.0 Å². The maximum Gasteiger partial charge on any atom is 0.139 e. The first-order valence-corrected chi connectivity index (χ1v) is 8.22. The summed E-state index contributed by atoms with van der Waals surface area (Å²) in [5, 5.41) is 0. The Bertz CT molecular complexity index is 519. The van der Waals surface area contributed by atoms with E-state index in [4.69, 9.17) is 18.0 Å². The van der Waals surface area contributed by atoms with Crippen LogP contribution < -0.4 is 10.6 Å². The Kier molecular flexibility index (Phi) is 4.87. The Morgan fingerprint density at radius 1 is 1.33 bits per heavy atom. The zero-order valence-electron chi connectivity index (χ0n) is 13.6. The van der Waals surface area contributed by atoms with E-state index in [1.807, 2.05) is 12.3 Å². The van der Waals surface area contributed by atoms with E-state index in [1.165, 1.54) is 19.3 Å². The van der Waals surface area contributed by atoms with Crippen LogP contribution in [0.4, 0.5) is 5.82 Å². The van der Waals surface area contributed by atoms with Gasteiger partial charge in [-0.25, -0.2) is 4.98 Å². The lowest BCUT2D eigenvalue weighted by atomic mass is 9.77. The molecule has 116 valence electrons. The molecule has 1 saturated heterocycles. The van der Waals surface area contributed by atoms with Gasteiger partial charge in [0.2, 0.25) is 0 Å². The highest BCUT2D eigenvalue weighted by Crippen LogP contribution is 2.35. The highest BCUT2D eigenvalue weighted by Gasteiger charge is 2.28. The first kappa shape index (κ1) is 16.2. The number of hydrogen-bond acceptors (Lipinski definition) is 3. The van der Waals surface area contributed by atoms with Crippen molar-refractivity contribution < 1.29 is 0 Å². The summed E-state index contributed by atoms with van der Waals surface area (Å²) in [5.41, 5.74) is 8.36. The van der Waals surface area contributed by atoms with E-state index < -0.39 is 0 Å². The number of aryl methyl sites for hydroxylation is 1. The van der Waals surface area contributed by atoms with E-state index in [2.05, 4.69) is 37.6 Å². The Hall–Kier alpha value is -1.16.